The van der Waals surface area contributed by atoms with Gasteiger partial charge in [0.2, 0.25) is 15.9 Å². The zero-order valence-electron chi connectivity index (χ0n) is 18.5. The molecule has 0 saturated heterocycles. The zero-order chi connectivity index (χ0) is 22.6. The lowest BCUT2D eigenvalue weighted by Gasteiger charge is -2.27. The van der Waals surface area contributed by atoms with Gasteiger partial charge in [0.05, 0.1) is 17.5 Å². The monoisotopic (exact) mass is 446 g/mol. The molecule has 8 heteroatoms. The van der Waals surface area contributed by atoms with Crippen molar-refractivity contribution in [2.24, 2.45) is 0 Å². The van der Waals surface area contributed by atoms with Gasteiger partial charge in [-0.15, -0.1) is 0 Å². The summed E-state index contributed by atoms with van der Waals surface area (Å²) in [5.74, 6) is 0.552. The minimum atomic E-state index is -3.68. The standard InChI is InChI=1S/C23H30N2O5S/c1-5-20(18-8-7-16(3)17(4)13-18)24-23(26)15-25(31(27,28)6-2)19-9-10-21-22(14-19)30-12-11-29-21/h7-10,13-14,20H,5-6,11-12,15H2,1-4H3,(H,24,26). The van der Waals surface area contributed by atoms with Gasteiger partial charge in [-0.25, -0.2) is 8.42 Å². The summed E-state index contributed by atoms with van der Waals surface area (Å²) in [7, 11) is -3.68. The number of amides is 1. The fourth-order valence-corrected chi connectivity index (χ4v) is 4.53. The van der Waals surface area contributed by atoms with E-state index in [0.717, 1.165) is 15.4 Å². The molecule has 0 aromatic heterocycles. The number of sulfonamides is 1. The topological polar surface area (TPSA) is 84.9 Å². The minimum absolute atomic E-state index is 0.122. The molecule has 1 aliphatic rings. The Kier molecular flexibility index (Phi) is 7.10. The van der Waals surface area contributed by atoms with Gasteiger partial charge < -0.3 is 14.8 Å². The second-order valence-corrected chi connectivity index (χ2v) is 9.79. The summed E-state index contributed by atoms with van der Waals surface area (Å²) < 4.78 is 37.8. The SMILES string of the molecule is CCC(NC(=O)CN(c1ccc2c(c1)OCCO2)S(=O)(=O)CC)c1ccc(C)c(C)c1. The van der Waals surface area contributed by atoms with Gasteiger partial charge in [-0.3, -0.25) is 9.10 Å². The number of rotatable bonds is 8. The molecule has 1 amide bonds. The third-order valence-corrected chi connectivity index (χ3v) is 7.22. The smallest absolute Gasteiger partial charge is 0.241 e. The van der Waals surface area contributed by atoms with Crippen LogP contribution in [0.25, 0.3) is 0 Å². The molecule has 0 saturated carbocycles. The minimum Gasteiger partial charge on any atom is -0.486 e. The predicted octanol–water partition coefficient (Wildman–Crippen LogP) is 3.50. The Hall–Kier alpha value is -2.74. The van der Waals surface area contributed by atoms with Crippen molar-refractivity contribution in [2.45, 2.75) is 40.2 Å². The average Bonchev–Trinajstić information content (AvgIpc) is 2.77. The summed E-state index contributed by atoms with van der Waals surface area (Å²) in [6, 6.07) is 10.8. The molecule has 168 valence electrons. The fraction of sp³-hybridized carbons (Fsp3) is 0.435. The van der Waals surface area contributed by atoms with Crippen LogP contribution in [0, 0.1) is 13.8 Å². The first-order valence-electron chi connectivity index (χ1n) is 10.5. The largest absolute Gasteiger partial charge is 0.486 e. The molecule has 0 radical (unpaired) electrons. The van der Waals surface area contributed by atoms with Crippen LogP contribution in [0.1, 0.15) is 43.0 Å². The number of nitrogens with one attached hydrogen (secondary N) is 1. The molecule has 2 aromatic rings. The molecule has 7 nitrogen and oxygen atoms in total. The van der Waals surface area contributed by atoms with E-state index in [-0.39, 0.29) is 24.2 Å². The lowest BCUT2D eigenvalue weighted by Crippen LogP contribution is -2.42. The highest BCUT2D eigenvalue weighted by Gasteiger charge is 2.26. The summed E-state index contributed by atoms with van der Waals surface area (Å²) in [4.78, 5) is 12.9. The molecule has 0 aliphatic carbocycles. The van der Waals surface area contributed by atoms with Crippen LogP contribution >= 0.6 is 0 Å². The van der Waals surface area contributed by atoms with Crippen LogP contribution < -0.4 is 19.1 Å². The van der Waals surface area contributed by atoms with Crippen molar-refractivity contribution in [1.82, 2.24) is 5.32 Å². The number of nitrogens with zero attached hydrogens (tertiary/aromatic N) is 1. The van der Waals surface area contributed by atoms with Crippen LogP contribution in [0.4, 0.5) is 5.69 Å². The molecule has 1 aliphatic heterocycles. The molecule has 0 bridgehead atoms. The van der Waals surface area contributed by atoms with Gasteiger partial charge >= 0.3 is 0 Å². The highest BCUT2D eigenvalue weighted by Crippen LogP contribution is 2.34. The summed E-state index contributed by atoms with van der Waals surface area (Å²) in [5.41, 5.74) is 3.71. The van der Waals surface area contributed by atoms with E-state index in [1.165, 1.54) is 5.56 Å². The molecule has 1 heterocycles. The predicted molar refractivity (Wildman–Crippen MR) is 121 cm³/mol. The maximum atomic E-state index is 12.9. The van der Waals surface area contributed by atoms with E-state index >= 15 is 0 Å². The maximum absolute atomic E-state index is 12.9. The van der Waals surface area contributed by atoms with E-state index < -0.39 is 10.0 Å². The second kappa shape index (κ2) is 9.60. The van der Waals surface area contributed by atoms with E-state index in [1.807, 2.05) is 32.9 Å². The Morgan fingerprint density at radius 1 is 1.03 bits per heavy atom. The number of carbonyl (C=O) groups excluding carboxylic acids is 1. The van der Waals surface area contributed by atoms with Crippen molar-refractivity contribution in [3.63, 3.8) is 0 Å². The molecule has 31 heavy (non-hydrogen) atoms. The Balaban J connectivity index is 1.82. The van der Waals surface area contributed by atoms with Gasteiger partial charge in [0.25, 0.3) is 0 Å². The van der Waals surface area contributed by atoms with E-state index in [2.05, 4.69) is 11.4 Å². The normalized spacial score (nSPS) is 14.1. The summed E-state index contributed by atoms with van der Waals surface area (Å²) >= 11 is 0. The Labute approximate surface area is 184 Å². The Bertz CT molecular complexity index is 1050. The van der Waals surface area contributed by atoms with E-state index in [4.69, 9.17) is 9.47 Å². The van der Waals surface area contributed by atoms with Crippen molar-refractivity contribution in [3.05, 3.63) is 53.1 Å². The van der Waals surface area contributed by atoms with Crippen LogP contribution in [0.2, 0.25) is 0 Å². The fourth-order valence-electron chi connectivity index (χ4n) is 3.47. The highest BCUT2D eigenvalue weighted by atomic mass is 32.2. The van der Waals surface area contributed by atoms with Crippen molar-refractivity contribution in [2.75, 3.05) is 29.8 Å². The quantitative estimate of drug-likeness (QED) is 0.671. The van der Waals surface area contributed by atoms with Crippen LogP contribution in [-0.2, 0) is 14.8 Å². The van der Waals surface area contributed by atoms with Crippen LogP contribution in [-0.4, -0.2) is 39.8 Å². The lowest BCUT2D eigenvalue weighted by molar-refractivity contribution is -0.120. The number of benzene rings is 2. The molecule has 1 atom stereocenters. The van der Waals surface area contributed by atoms with Gasteiger partial charge in [-0.05, 0) is 56.0 Å². The van der Waals surface area contributed by atoms with E-state index in [0.29, 0.717) is 36.8 Å². The first-order chi connectivity index (χ1) is 14.7. The van der Waals surface area contributed by atoms with Crippen molar-refractivity contribution < 1.29 is 22.7 Å². The summed E-state index contributed by atoms with van der Waals surface area (Å²) in [6.07, 6.45) is 0.693. The molecule has 0 fully saturated rings. The van der Waals surface area contributed by atoms with Gasteiger partial charge in [-0.2, -0.15) is 0 Å². The Morgan fingerprint density at radius 2 is 1.74 bits per heavy atom. The van der Waals surface area contributed by atoms with Gasteiger partial charge in [-0.1, -0.05) is 25.1 Å². The number of ether oxygens (including phenoxy) is 2. The van der Waals surface area contributed by atoms with Gasteiger partial charge in [0.15, 0.2) is 11.5 Å². The van der Waals surface area contributed by atoms with Crippen LogP contribution in [0.5, 0.6) is 11.5 Å². The zero-order valence-corrected chi connectivity index (χ0v) is 19.3. The average molecular weight is 447 g/mol. The molecule has 1 N–H and O–H groups in total. The number of aryl methyl sites for hydroxylation is 2. The number of carbonyl (C=O) groups is 1. The third kappa shape index (κ3) is 5.31. The highest BCUT2D eigenvalue weighted by molar-refractivity contribution is 7.92. The third-order valence-electron chi connectivity index (χ3n) is 5.48. The first-order valence-corrected chi connectivity index (χ1v) is 12.1. The number of anilines is 1. The Morgan fingerprint density at radius 3 is 2.39 bits per heavy atom. The van der Waals surface area contributed by atoms with Crippen molar-refractivity contribution >= 4 is 21.6 Å². The van der Waals surface area contributed by atoms with Gasteiger partial charge in [0.1, 0.15) is 19.8 Å². The molecular weight excluding hydrogens is 416 g/mol. The molecule has 3 rings (SSSR count). The number of hydrogen-bond donors (Lipinski definition) is 1. The summed E-state index contributed by atoms with van der Waals surface area (Å²) in [6.45, 7) is 8.15. The maximum Gasteiger partial charge on any atom is 0.241 e. The lowest BCUT2D eigenvalue weighted by atomic mass is 9.99. The molecule has 1 unspecified atom stereocenters. The van der Waals surface area contributed by atoms with Crippen LogP contribution in [0.15, 0.2) is 36.4 Å². The number of fused-ring (bicyclic) bond motifs is 1. The van der Waals surface area contributed by atoms with E-state index in [1.54, 1.807) is 25.1 Å². The summed E-state index contributed by atoms with van der Waals surface area (Å²) in [5, 5.41) is 2.99. The number of hydrogen-bond acceptors (Lipinski definition) is 5. The second-order valence-electron chi connectivity index (χ2n) is 7.61. The van der Waals surface area contributed by atoms with Gasteiger partial charge in [0, 0.05) is 6.07 Å². The van der Waals surface area contributed by atoms with Crippen molar-refractivity contribution in [3.8, 4) is 11.5 Å². The molecule has 0 spiro atoms. The van der Waals surface area contributed by atoms with E-state index in [9.17, 15) is 13.2 Å². The molecule has 2 aromatic carbocycles. The molecular formula is C23H30N2O5S. The first kappa shape index (κ1) is 22.9. The van der Waals surface area contributed by atoms with Crippen molar-refractivity contribution in [1.29, 1.82) is 0 Å². The van der Waals surface area contributed by atoms with Crippen LogP contribution in [0.3, 0.4) is 0 Å².